The average Bonchev–Trinajstić information content (AvgIpc) is 2.26. The summed E-state index contributed by atoms with van der Waals surface area (Å²) in [4.78, 5) is 0. The molecule has 0 unspecified atom stereocenters. The fourth-order valence-electron chi connectivity index (χ4n) is 1.58. The normalized spacial score (nSPS) is 16.1. The van der Waals surface area contributed by atoms with Gasteiger partial charge in [-0.15, -0.1) is 0 Å². The average molecular weight is 297 g/mol. The van der Waals surface area contributed by atoms with Crippen LogP contribution in [0.4, 0.5) is 13.2 Å². The van der Waals surface area contributed by atoms with E-state index in [1.165, 1.54) is 18.2 Å². The predicted molar refractivity (Wildman–Crippen MR) is 63.9 cm³/mol. The Morgan fingerprint density at radius 1 is 1.21 bits per heavy atom. The van der Waals surface area contributed by atoms with Crippen molar-refractivity contribution in [2.75, 3.05) is 12.8 Å². The highest BCUT2D eigenvalue weighted by atomic mass is 32.2. The summed E-state index contributed by atoms with van der Waals surface area (Å²) in [5, 5.41) is 9.86. The van der Waals surface area contributed by atoms with E-state index in [1.807, 2.05) is 4.72 Å². The van der Waals surface area contributed by atoms with Crippen LogP contribution in [-0.4, -0.2) is 32.5 Å². The van der Waals surface area contributed by atoms with Gasteiger partial charge in [0, 0.05) is 13.0 Å². The molecule has 0 amide bonds. The molecule has 0 aromatic heterocycles. The van der Waals surface area contributed by atoms with Crippen LogP contribution in [0.2, 0.25) is 0 Å². The highest BCUT2D eigenvalue weighted by Crippen LogP contribution is 2.41. The molecule has 0 heterocycles. The van der Waals surface area contributed by atoms with Crippen molar-refractivity contribution in [1.82, 2.24) is 4.72 Å². The van der Waals surface area contributed by atoms with E-state index in [9.17, 15) is 26.7 Å². The minimum atomic E-state index is -4.90. The number of hydrogen-bond acceptors (Lipinski definition) is 3. The first-order chi connectivity index (χ1) is 8.56. The number of nitrogens with one attached hydrogen (secondary N) is 1. The molecule has 0 saturated heterocycles. The third-order valence-corrected chi connectivity index (χ3v) is 3.30. The standard InChI is InChI=1S/C11H14F3NO3S/c1-19(17,18)15-8-7-10(16,11(12,13)14)9-5-3-2-4-6-9/h2-6,15-16H,7-8H2,1H3/t10-/m1/s1. The van der Waals surface area contributed by atoms with Crippen LogP contribution >= 0.6 is 0 Å². The Kier molecular flexibility index (Phi) is 4.59. The molecule has 19 heavy (non-hydrogen) atoms. The maximum Gasteiger partial charge on any atom is 0.421 e. The van der Waals surface area contributed by atoms with Gasteiger partial charge in [0.2, 0.25) is 10.0 Å². The molecule has 0 aliphatic rings. The summed E-state index contributed by atoms with van der Waals surface area (Å²) in [5.41, 5.74) is -3.40. The number of aliphatic hydroxyl groups is 1. The second kappa shape index (κ2) is 5.48. The Morgan fingerprint density at radius 2 is 1.74 bits per heavy atom. The molecule has 1 atom stereocenters. The minimum Gasteiger partial charge on any atom is -0.376 e. The van der Waals surface area contributed by atoms with Gasteiger partial charge in [-0.2, -0.15) is 13.2 Å². The molecule has 0 spiro atoms. The van der Waals surface area contributed by atoms with Crippen molar-refractivity contribution in [3.8, 4) is 0 Å². The molecule has 1 aromatic carbocycles. The van der Waals surface area contributed by atoms with Crippen LogP contribution < -0.4 is 4.72 Å². The molecule has 8 heteroatoms. The van der Waals surface area contributed by atoms with Gasteiger partial charge in [0.1, 0.15) is 0 Å². The van der Waals surface area contributed by atoms with Crippen LogP contribution in [-0.2, 0) is 15.6 Å². The largest absolute Gasteiger partial charge is 0.421 e. The summed E-state index contributed by atoms with van der Waals surface area (Å²) in [6, 6.07) is 6.56. The van der Waals surface area contributed by atoms with Gasteiger partial charge < -0.3 is 5.11 Å². The van der Waals surface area contributed by atoms with Gasteiger partial charge in [0.05, 0.1) is 6.26 Å². The first kappa shape index (κ1) is 15.9. The maximum absolute atomic E-state index is 13.0. The Balaban J connectivity index is 2.96. The van der Waals surface area contributed by atoms with Crippen LogP contribution in [0.15, 0.2) is 30.3 Å². The zero-order valence-electron chi connectivity index (χ0n) is 10.1. The summed E-state index contributed by atoms with van der Waals surface area (Å²) in [6.45, 7) is -0.510. The molecule has 108 valence electrons. The first-order valence-corrected chi connectivity index (χ1v) is 7.25. The lowest BCUT2D eigenvalue weighted by Crippen LogP contribution is -2.44. The van der Waals surface area contributed by atoms with Crippen LogP contribution in [0.5, 0.6) is 0 Å². The quantitative estimate of drug-likeness (QED) is 0.863. The molecule has 1 rings (SSSR count). The second-order valence-corrected chi connectivity index (χ2v) is 5.97. The molecule has 2 N–H and O–H groups in total. The van der Waals surface area contributed by atoms with Crippen molar-refractivity contribution in [1.29, 1.82) is 0 Å². The first-order valence-electron chi connectivity index (χ1n) is 5.35. The summed E-state index contributed by atoms with van der Waals surface area (Å²) in [7, 11) is -3.60. The topological polar surface area (TPSA) is 66.4 Å². The number of alkyl halides is 3. The zero-order chi connectivity index (χ0) is 14.7. The number of halogens is 3. The molecule has 4 nitrogen and oxygen atoms in total. The van der Waals surface area contributed by atoms with E-state index >= 15 is 0 Å². The van der Waals surface area contributed by atoms with E-state index in [-0.39, 0.29) is 5.56 Å². The van der Waals surface area contributed by atoms with Crippen molar-refractivity contribution in [3.05, 3.63) is 35.9 Å². The molecular formula is C11H14F3NO3S. The Labute approximate surface area is 109 Å². The van der Waals surface area contributed by atoms with Crippen LogP contribution in [0.25, 0.3) is 0 Å². The van der Waals surface area contributed by atoms with Crippen LogP contribution in [0.3, 0.4) is 0 Å². The monoisotopic (exact) mass is 297 g/mol. The number of rotatable bonds is 5. The fraction of sp³-hybridized carbons (Fsp3) is 0.455. The Bertz CT molecular complexity index is 516. The van der Waals surface area contributed by atoms with Gasteiger partial charge in [-0.05, 0) is 5.56 Å². The number of sulfonamides is 1. The second-order valence-electron chi connectivity index (χ2n) is 4.14. The summed E-state index contributed by atoms with van der Waals surface area (Å²) in [6.07, 6.45) is -4.86. The third kappa shape index (κ3) is 4.19. The zero-order valence-corrected chi connectivity index (χ0v) is 10.9. The van der Waals surface area contributed by atoms with Crippen molar-refractivity contribution in [3.63, 3.8) is 0 Å². The lowest BCUT2D eigenvalue weighted by molar-refractivity contribution is -0.268. The van der Waals surface area contributed by atoms with Gasteiger partial charge in [-0.3, -0.25) is 0 Å². The van der Waals surface area contributed by atoms with E-state index < -0.39 is 34.8 Å². The number of benzene rings is 1. The van der Waals surface area contributed by atoms with E-state index in [1.54, 1.807) is 0 Å². The minimum absolute atomic E-state index is 0.321. The summed E-state index contributed by atoms with van der Waals surface area (Å²) in [5.74, 6) is 0. The van der Waals surface area contributed by atoms with Gasteiger partial charge in [-0.1, -0.05) is 30.3 Å². The van der Waals surface area contributed by atoms with E-state index in [0.29, 0.717) is 0 Å². The van der Waals surface area contributed by atoms with Crippen molar-refractivity contribution in [2.24, 2.45) is 0 Å². The van der Waals surface area contributed by atoms with Crippen LogP contribution in [0.1, 0.15) is 12.0 Å². The van der Waals surface area contributed by atoms with Gasteiger partial charge in [0.15, 0.2) is 5.60 Å². The smallest absolute Gasteiger partial charge is 0.376 e. The molecule has 0 saturated carbocycles. The Hall–Kier alpha value is -1.12. The van der Waals surface area contributed by atoms with Gasteiger partial charge in [-0.25, -0.2) is 13.1 Å². The highest BCUT2D eigenvalue weighted by Gasteiger charge is 2.54. The lowest BCUT2D eigenvalue weighted by Gasteiger charge is -2.31. The molecule has 1 aromatic rings. The fourth-order valence-corrected chi connectivity index (χ4v) is 2.05. The molecule has 0 aliphatic heterocycles. The van der Waals surface area contributed by atoms with E-state index in [2.05, 4.69) is 0 Å². The molecule has 0 bridgehead atoms. The summed E-state index contributed by atoms with van der Waals surface area (Å²) < 4.78 is 62.5. The molecule has 0 aliphatic carbocycles. The highest BCUT2D eigenvalue weighted by molar-refractivity contribution is 7.88. The molecular weight excluding hydrogens is 283 g/mol. The predicted octanol–water partition coefficient (Wildman–Crippen LogP) is 1.38. The third-order valence-electron chi connectivity index (χ3n) is 2.57. The maximum atomic E-state index is 13.0. The molecule has 0 radical (unpaired) electrons. The Morgan fingerprint density at radius 3 is 2.16 bits per heavy atom. The van der Waals surface area contributed by atoms with Crippen molar-refractivity contribution in [2.45, 2.75) is 18.2 Å². The number of hydrogen-bond donors (Lipinski definition) is 2. The van der Waals surface area contributed by atoms with E-state index in [4.69, 9.17) is 0 Å². The van der Waals surface area contributed by atoms with Gasteiger partial charge in [0.25, 0.3) is 0 Å². The summed E-state index contributed by atoms with van der Waals surface area (Å²) >= 11 is 0. The molecule has 0 fully saturated rings. The van der Waals surface area contributed by atoms with Crippen molar-refractivity contribution >= 4 is 10.0 Å². The van der Waals surface area contributed by atoms with Gasteiger partial charge >= 0.3 is 6.18 Å². The van der Waals surface area contributed by atoms with Crippen molar-refractivity contribution < 1.29 is 26.7 Å². The van der Waals surface area contributed by atoms with E-state index in [0.717, 1.165) is 18.4 Å². The lowest BCUT2D eigenvalue weighted by atomic mass is 9.90. The van der Waals surface area contributed by atoms with Crippen LogP contribution in [0, 0.1) is 0 Å². The SMILES string of the molecule is CS(=O)(=O)NCC[C@@](O)(c1ccccc1)C(F)(F)F.